The standard InChI is InChI=1S/C14H13F3N2O/c15-14(16,17)13-5-3-11(4-6-13)1-2-12-9-18-19(10-12)7-8-20/h1-6,9-10,20H,7-8H2. The summed E-state index contributed by atoms with van der Waals surface area (Å²) in [6, 6.07) is 4.93. The summed E-state index contributed by atoms with van der Waals surface area (Å²) in [6.07, 6.45) is 2.52. The van der Waals surface area contributed by atoms with E-state index in [1.807, 2.05) is 0 Å². The van der Waals surface area contributed by atoms with Crippen LogP contribution >= 0.6 is 0 Å². The van der Waals surface area contributed by atoms with Crippen LogP contribution in [-0.4, -0.2) is 21.5 Å². The van der Waals surface area contributed by atoms with E-state index >= 15 is 0 Å². The minimum atomic E-state index is -4.31. The highest BCUT2D eigenvalue weighted by Gasteiger charge is 2.29. The van der Waals surface area contributed by atoms with Gasteiger partial charge in [-0.25, -0.2) is 0 Å². The molecule has 1 N–H and O–H groups in total. The fourth-order valence-electron chi connectivity index (χ4n) is 1.67. The van der Waals surface area contributed by atoms with Gasteiger partial charge < -0.3 is 5.11 Å². The number of halogens is 3. The largest absolute Gasteiger partial charge is 0.416 e. The third-order valence-electron chi connectivity index (χ3n) is 2.69. The smallest absolute Gasteiger partial charge is 0.394 e. The molecule has 0 saturated carbocycles. The summed E-state index contributed by atoms with van der Waals surface area (Å²) in [7, 11) is 0. The lowest BCUT2D eigenvalue weighted by Crippen LogP contribution is -2.03. The minimum Gasteiger partial charge on any atom is -0.394 e. The van der Waals surface area contributed by atoms with Crippen molar-refractivity contribution in [2.75, 3.05) is 6.61 Å². The van der Waals surface area contributed by atoms with Crippen molar-refractivity contribution in [3.8, 4) is 0 Å². The zero-order chi connectivity index (χ0) is 14.6. The number of hydrogen-bond acceptors (Lipinski definition) is 2. The third kappa shape index (κ3) is 3.71. The Bertz CT molecular complexity index is 585. The first-order chi connectivity index (χ1) is 9.49. The number of benzene rings is 1. The van der Waals surface area contributed by atoms with Crippen LogP contribution in [-0.2, 0) is 12.7 Å². The monoisotopic (exact) mass is 282 g/mol. The summed E-state index contributed by atoms with van der Waals surface area (Å²) in [5, 5.41) is 12.8. The van der Waals surface area contributed by atoms with E-state index in [9.17, 15) is 13.2 Å². The molecule has 2 rings (SSSR count). The average molecular weight is 282 g/mol. The number of aromatic nitrogens is 2. The lowest BCUT2D eigenvalue weighted by molar-refractivity contribution is -0.137. The van der Waals surface area contributed by atoms with Gasteiger partial charge in [0.05, 0.1) is 24.9 Å². The molecule has 0 aliphatic heterocycles. The second-order valence-electron chi connectivity index (χ2n) is 4.21. The summed E-state index contributed by atoms with van der Waals surface area (Å²) in [4.78, 5) is 0. The Balaban J connectivity index is 2.07. The van der Waals surface area contributed by atoms with Gasteiger partial charge in [-0.3, -0.25) is 4.68 Å². The van der Waals surface area contributed by atoms with Gasteiger partial charge in [-0.2, -0.15) is 18.3 Å². The molecule has 0 radical (unpaired) electrons. The molecule has 0 amide bonds. The van der Waals surface area contributed by atoms with Gasteiger partial charge in [-0.15, -0.1) is 0 Å². The summed E-state index contributed by atoms with van der Waals surface area (Å²) in [6.45, 7) is 0.415. The Kier molecular flexibility index (Phi) is 4.24. The van der Waals surface area contributed by atoms with Gasteiger partial charge in [-0.1, -0.05) is 24.3 Å². The predicted octanol–water partition coefficient (Wildman–Crippen LogP) is 3.06. The van der Waals surface area contributed by atoms with E-state index in [1.54, 1.807) is 29.2 Å². The van der Waals surface area contributed by atoms with Gasteiger partial charge in [0.15, 0.2) is 0 Å². The zero-order valence-corrected chi connectivity index (χ0v) is 10.5. The molecule has 0 aliphatic rings. The van der Waals surface area contributed by atoms with Gasteiger partial charge in [0, 0.05) is 11.8 Å². The predicted molar refractivity (Wildman–Crippen MR) is 69.7 cm³/mol. The fourth-order valence-corrected chi connectivity index (χ4v) is 1.67. The topological polar surface area (TPSA) is 38.0 Å². The number of rotatable bonds is 4. The molecule has 0 atom stereocenters. The Labute approximate surface area is 114 Å². The summed E-state index contributed by atoms with van der Waals surface area (Å²) < 4.78 is 38.8. The maximum atomic E-state index is 12.4. The lowest BCUT2D eigenvalue weighted by atomic mass is 10.1. The molecule has 0 spiro atoms. The van der Waals surface area contributed by atoms with E-state index in [1.165, 1.54) is 12.1 Å². The molecule has 0 saturated heterocycles. The Morgan fingerprint density at radius 2 is 1.75 bits per heavy atom. The summed E-state index contributed by atoms with van der Waals surface area (Å²) >= 11 is 0. The van der Waals surface area contributed by atoms with E-state index in [0.29, 0.717) is 12.1 Å². The second kappa shape index (κ2) is 5.92. The molecule has 0 unspecified atom stereocenters. The second-order valence-corrected chi connectivity index (χ2v) is 4.21. The van der Waals surface area contributed by atoms with Crippen molar-refractivity contribution in [1.82, 2.24) is 9.78 Å². The number of alkyl halides is 3. The molecule has 20 heavy (non-hydrogen) atoms. The molecule has 0 aliphatic carbocycles. The number of nitrogens with zero attached hydrogens (tertiary/aromatic N) is 2. The average Bonchev–Trinajstić information content (AvgIpc) is 2.84. The zero-order valence-electron chi connectivity index (χ0n) is 10.5. The summed E-state index contributed by atoms with van der Waals surface area (Å²) in [5.74, 6) is 0. The molecule has 106 valence electrons. The van der Waals surface area contributed by atoms with Crippen LogP contribution in [0.2, 0.25) is 0 Å². The molecule has 1 aromatic heterocycles. The molecular weight excluding hydrogens is 269 g/mol. The van der Waals surface area contributed by atoms with E-state index in [-0.39, 0.29) is 6.61 Å². The molecule has 3 nitrogen and oxygen atoms in total. The lowest BCUT2D eigenvalue weighted by Gasteiger charge is -2.05. The highest BCUT2D eigenvalue weighted by atomic mass is 19.4. The Hall–Kier alpha value is -2.08. The first-order valence-electron chi connectivity index (χ1n) is 5.98. The Morgan fingerprint density at radius 3 is 2.35 bits per heavy atom. The molecule has 1 heterocycles. The first kappa shape index (κ1) is 14.3. The van der Waals surface area contributed by atoms with Crippen LogP contribution in [0, 0.1) is 0 Å². The van der Waals surface area contributed by atoms with Crippen LogP contribution in [0.25, 0.3) is 12.2 Å². The van der Waals surface area contributed by atoms with Gasteiger partial charge >= 0.3 is 6.18 Å². The van der Waals surface area contributed by atoms with Crippen molar-refractivity contribution in [3.63, 3.8) is 0 Å². The SMILES string of the molecule is OCCn1cc(C=Cc2ccc(C(F)(F)F)cc2)cn1. The van der Waals surface area contributed by atoms with Gasteiger partial charge in [-0.05, 0) is 17.7 Å². The van der Waals surface area contributed by atoms with Crippen LogP contribution in [0.5, 0.6) is 0 Å². The highest BCUT2D eigenvalue weighted by molar-refractivity contribution is 5.69. The van der Waals surface area contributed by atoms with E-state index in [2.05, 4.69) is 5.10 Å². The number of hydrogen-bond donors (Lipinski definition) is 1. The molecular formula is C14H13F3N2O. The van der Waals surface area contributed by atoms with E-state index < -0.39 is 11.7 Å². The maximum Gasteiger partial charge on any atom is 0.416 e. The van der Waals surface area contributed by atoms with Crippen molar-refractivity contribution >= 4 is 12.2 Å². The van der Waals surface area contributed by atoms with E-state index in [0.717, 1.165) is 17.7 Å². The van der Waals surface area contributed by atoms with Crippen molar-refractivity contribution < 1.29 is 18.3 Å². The number of aliphatic hydroxyl groups is 1. The molecule has 1 aromatic carbocycles. The van der Waals surface area contributed by atoms with E-state index in [4.69, 9.17) is 5.11 Å². The quantitative estimate of drug-likeness (QED) is 0.936. The van der Waals surface area contributed by atoms with Crippen LogP contribution in [0.4, 0.5) is 13.2 Å². The molecule has 6 heteroatoms. The molecule has 2 aromatic rings. The first-order valence-corrected chi connectivity index (χ1v) is 5.98. The van der Waals surface area contributed by atoms with Gasteiger partial charge in [0.1, 0.15) is 0 Å². The fraction of sp³-hybridized carbons (Fsp3) is 0.214. The normalized spacial score (nSPS) is 12.2. The van der Waals surface area contributed by atoms with Crippen molar-refractivity contribution in [1.29, 1.82) is 0 Å². The summed E-state index contributed by atoms with van der Waals surface area (Å²) in [5.41, 5.74) is 0.830. The van der Waals surface area contributed by atoms with Crippen LogP contribution < -0.4 is 0 Å². The molecule has 0 fully saturated rings. The van der Waals surface area contributed by atoms with Gasteiger partial charge in [0.2, 0.25) is 0 Å². The van der Waals surface area contributed by atoms with Crippen molar-refractivity contribution in [2.24, 2.45) is 0 Å². The third-order valence-corrected chi connectivity index (χ3v) is 2.69. The minimum absolute atomic E-state index is 0.00371. The van der Waals surface area contributed by atoms with Crippen molar-refractivity contribution in [2.45, 2.75) is 12.7 Å². The Morgan fingerprint density at radius 1 is 1.10 bits per heavy atom. The van der Waals surface area contributed by atoms with Crippen LogP contribution in [0.3, 0.4) is 0 Å². The maximum absolute atomic E-state index is 12.4. The van der Waals surface area contributed by atoms with Crippen molar-refractivity contribution in [3.05, 3.63) is 53.3 Å². The van der Waals surface area contributed by atoms with Crippen LogP contribution in [0.1, 0.15) is 16.7 Å². The van der Waals surface area contributed by atoms with Gasteiger partial charge in [0.25, 0.3) is 0 Å². The highest BCUT2D eigenvalue weighted by Crippen LogP contribution is 2.29. The van der Waals surface area contributed by atoms with Crippen LogP contribution in [0.15, 0.2) is 36.7 Å². The number of aliphatic hydroxyl groups excluding tert-OH is 1. The molecule has 0 bridgehead atoms.